The number of fused-ring (bicyclic) bond motifs is 1. The van der Waals surface area contributed by atoms with Gasteiger partial charge in [-0.2, -0.15) is 0 Å². The zero-order valence-electron chi connectivity index (χ0n) is 15.3. The molecule has 4 amide bonds. The summed E-state index contributed by atoms with van der Waals surface area (Å²) in [6.07, 6.45) is 1.51. The van der Waals surface area contributed by atoms with E-state index in [1.54, 1.807) is 19.1 Å². The maximum atomic E-state index is 13.1. The van der Waals surface area contributed by atoms with E-state index in [4.69, 9.17) is 4.42 Å². The zero-order valence-corrected chi connectivity index (χ0v) is 15.3. The van der Waals surface area contributed by atoms with Crippen LogP contribution in [0.5, 0.6) is 0 Å². The summed E-state index contributed by atoms with van der Waals surface area (Å²) in [5.41, 5.74) is -0.540. The van der Waals surface area contributed by atoms with E-state index in [-0.39, 0.29) is 13.1 Å². The van der Waals surface area contributed by atoms with Crippen LogP contribution < -0.4 is 10.6 Å². The van der Waals surface area contributed by atoms with Gasteiger partial charge in [0.1, 0.15) is 17.8 Å². The predicted octanol–water partition coefficient (Wildman–Crippen LogP) is 2.52. The third-order valence-electron chi connectivity index (χ3n) is 4.94. The van der Waals surface area contributed by atoms with Crippen LogP contribution in [0.3, 0.4) is 0 Å². The van der Waals surface area contributed by atoms with Crippen molar-refractivity contribution in [2.45, 2.75) is 19.0 Å². The average Bonchev–Trinajstić information content (AvgIpc) is 3.29. The van der Waals surface area contributed by atoms with E-state index in [0.717, 1.165) is 15.7 Å². The van der Waals surface area contributed by atoms with Crippen LogP contribution in [0.1, 0.15) is 18.2 Å². The Morgan fingerprint density at radius 1 is 1.11 bits per heavy atom. The maximum Gasteiger partial charge on any atom is 0.325 e. The summed E-state index contributed by atoms with van der Waals surface area (Å²) in [6.45, 7) is 1.50. The number of carbonyl (C=O) groups is 3. The summed E-state index contributed by atoms with van der Waals surface area (Å²) in [4.78, 5) is 38.7. The molecule has 1 aromatic heterocycles. The second kappa shape index (κ2) is 6.84. The van der Waals surface area contributed by atoms with Gasteiger partial charge in [0.25, 0.3) is 5.91 Å². The minimum atomic E-state index is -1.24. The van der Waals surface area contributed by atoms with E-state index in [9.17, 15) is 14.4 Å². The Kier molecular flexibility index (Phi) is 4.35. The fourth-order valence-electron chi connectivity index (χ4n) is 3.48. The van der Waals surface area contributed by atoms with Gasteiger partial charge < -0.3 is 15.1 Å². The Labute approximate surface area is 161 Å². The van der Waals surface area contributed by atoms with Crippen LogP contribution >= 0.6 is 0 Å². The predicted molar refractivity (Wildman–Crippen MR) is 102 cm³/mol. The number of imide groups is 1. The fraction of sp³-hybridized carbons (Fsp3) is 0.190. The largest absolute Gasteiger partial charge is 0.467 e. The number of hydrogen-bond acceptors (Lipinski definition) is 4. The van der Waals surface area contributed by atoms with Crippen molar-refractivity contribution in [3.63, 3.8) is 0 Å². The van der Waals surface area contributed by atoms with E-state index < -0.39 is 23.4 Å². The van der Waals surface area contributed by atoms with Gasteiger partial charge in [0.05, 0.1) is 12.8 Å². The van der Waals surface area contributed by atoms with Crippen molar-refractivity contribution < 1.29 is 18.8 Å². The van der Waals surface area contributed by atoms with E-state index in [2.05, 4.69) is 10.6 Å². The first-order chi connectivity index (χ1) is 13.5. The lowest BCUT2D eigenvalue weighted by molar-refractivity contribution is -0.134. The van der Waals surface area contributed by atoms with Gasteiger partial charge in [-0.1, -0.05) is 42.5 Å². The Balaban J connectivity index is 1.55. The molecule has 28 heavy (non-hydrogen) atoms. The average molecular weight is 377 g/mol. The number of nitrogens with one attached hydrogen (secondary N) is 2. The first-order valence-electron chi connectivity index (χ1n) is 8.90. The molecule has 1 atom stereocenters. The van der Waals surface area contributed by atoms with Gasteiger partial charge in [-0.15, -0.1) is 0 Å². The van der Waals surface area contributed by atoms with Crippen molar-refractivity contribution in [3.8, 4) is 0 Å². The Morgan fingerprint density at radius 3 is 2.68 bits per heavy atom. The molecule has 4 rings (SSSR count). The van der Waals surface area contributed by atoms with Crippen molar-refractivity contribution >= 4 is 28.6 Å². The van der Waals surface area contributed by atoms with E-state index in [1.807, 2.05) is 42.5 Å². The van der Waals surface area contributed by atoms with Gasteiger partial charge in [-0.05, 0) is 35.4 Å². The molecule has 1 saturated heterocycles. The Bertz CT molecular complexity index is 1060. The van der Waals surface area contributed by atoms with Crippen LogP contribution in [0.25, 0.3) is 10.8 Å². The molecule has 3 aromatic rings. The van der Waals surface area contributed by atoms with Crippen molar-refractivity contribution in [2.24, 2.45) is 0 Å². The summed E-state index contributed by atoms with van der Waals surface area (Å²) < 4.78 is 5.15. The molecule has 142 valence electrons. The standard InChI is InChI=1S/C21H19N3O4/c1-21(17-10-4-7-14-6-2-3-9-16(14)17)19(26)24(20(27)23-21)13-18(25)22-12-15-8-5-11-28-15/h2-11H,12-13H2,1H3,(H,22,25)(H,23,27)/t21-/m0/s1. The first kappa shape index (κ1) is 17.8. The molecule has 2 N–H and O–H groups in total. The number of urea groups is 1. The van der Waals surface area contributed by atoms with Crippen LogP contribution in [0.15, 0.2) is 65.3 Å². The summed E-state index contributed by atoms with van der Waals surface area (Å²) in [7, 11) is 0. The van der Waals surface area contributed by atoms with Gasteiger partial charge >= 0.3 is 6.03 Å². The van der Waals surface area contributed by atoms with Gasteiger partial charge in [-0.3, -0.25) is 14.5 Å². The number of nitrogens with zero attached hydrogens (tertiary/aromatic N) is 1. The summed E-state index contributed by atoms with van der Waals surface area (Å²) >= 11 is 0. The fourth-order valence-corrected chi connectivity index (χ4v) is 3.48. The second-order valence-electron chi connectivity index (χ2n) is 6.83. The number of amides is 4. The van der Waals surface area contributed by atoms with Crippen LogP contribution in [-0.2, 0) is 21.7 Å². The molecular formula is C21H19N3O4. The van der Waals surface area contributed by atoms with Crippen LogP contribution in [-0.4, -0.2) is 29.3 Å². The normalized spacial score (nSPS) is 19.1. The maximum absolute atomic E-state index is 13.1. The van der Waals surface area contributed by atoms with E-state index in [1.165, 1.54) is 6.26 Å². The Morgan fingerprint density at radius 2 is 1.89 bits per heavy atom. The molecule has 1 aliphatic rings. The van der Waals surface area contributed by atoms with Crippen LogP contribution in [0.4, 0.5) is 4.79 Å². The van der Waals surface area contributed by atoms with E-state index in [0.29, 0.717) is 11.3 Å². The quantitative estimate of drug-likeness (QED) is 0.669. The lowest BCUT2D eigenvalue weighted by Crippen LogP contribution is -2.43. The highest BCUT2D eigenvalue weighted by atomic mass is 16.3. The van der Waals surface area contributed by atoms with Crippen molar-refractivity contribution in [2.75, 3.05) is 6.54 Å². The summed E-state index contributed by atoms with van der Waals surface area (Å²) in [5.74, 6) is -0.310. The number of benzene rings is 2. The molecular weight excluding hydrogens is 358 g/mol. The molecule has 0 radical (unpaired) electrons. The van der Waals surface area contributed by atoms with Gasteiger partial charge in [0.2, 0.25) is 5.91 Å². The lowest BCUT2D eigenvalue weighted by Gasteiger charge is -2.24. The highest BCUT2D eigenvalue weighted by Crippen LogP contribution is 2.33. The van der Waals surface area contributed by atoms with Crippen LogP contribution in [0.2, 0.25) is 0 Å². The van der Waals surface area contributed by atoms with Crippen molar-refractivity contribution in [1.29, 1.82) is 0 Å². The monoisotopic (exact) mass is 377 g/mol. The number of hydrogen-bond donors (Lipinski definition) is 2. The Hall–Kier alpha value is -3.61. The third-order valence-corrected chi connectivity index (χ3v) is 4.94. The molecule has 0 unspecified atom stereocenters. The molecule has 0 bridgehead atoms. The first-order valence-corrected chi connectivity index (χ1v) is 8.90. The third kappa shape index (κ3) is 3.00. The molecule has 7 nitrogen and oxygen atoms in total. The SMILES string of the molecule is C[C@@]1(c2cccc3ccccc23)NC(=O)N(CC(=O)NCc2ccco2)C1=O. The smallest absolute Gasteiger partial charge is 0.325 e. The second-order valence-corrected chi connectivity index (χ2v) is 6.83. The number of rotatable bonds is 5. The summed E-state index contributed by atoms with van der Waals surface area (Å²) in [6, 6.07) is 16.1. The van der Waals surface area contributed by atoms with Crippen molar-refractivity contribution in [1.82, 2.24) is 15.5 Å². The zero-order chi connectivity index (χ0) is 19.7. The molecule has 0 aliphatic carbocycles. The topological polar surface area (TPSA) is 91.7 Å². The van der Waals surface area contributed by atoms with Crippen LogP contribution in [0, 0.1) is 0 Å². The molecule has 2 aromatic carbocycles. The molecule has 2 heterocycles. The lowest BCUT2D eigenvalue weighted by atomic mass is 9.88. The highest BCUT2D eigenvalue weighted by molar-refractivity contribution is 6.10. The number of furan rings is 1. The molecule has 0 saturated carbocycles. The number of carbonyl (C=O) groups excluding carboxylic acids is 3. The molecule has 7 heteroatoms. The molecule has 1 aliphatic heterocycles. The van der Waals surface area contributed by atoms with Gasteiger partial charge in [0, 0.05) is 0 Å². The van der Waals surface area contributed by atoms with Gasteiger partial charge in [0.15, 0.2) is 0 Å². The van der Waals surface area contributed by atoms with Crippen molar-refractivity contribution in [3.05, 3.63) is 72.2 Å². The molecule has 1 fully saturated rings. The minimum Gasteiger partial charge on any atom is -0.467 e. The van der Waals surface area contributed by atoms with Gasteiger partial charge in [-0.25, -0.2) is 4.79 Å². The molecule has 0 spiro atoms. The summed E-state index contributed by atoms with van der Waals surface area (Å²) in [5, 5.41) is 7.25. The van der Waals surface area contributed by atoms with E-state index >= 15 is 0 Å². The minimum absolute atomic E-state index is 0.191. The highest BCUT2D eigenvalue weighted by Gasteiger charge is 2.50.